The minimum atomic E-state index is -0.579. The molecule has 0 amide bonds. The molecule has 0 unspecified atom stereocenters. The molecule has 1 aromatic heterocycles. The highest BCUT2D eigenvalue weighted by Crippen LogP contribution is 2.31. The third-order valence-electron chi connectivity index (χ3n) is 5.27. The lowest BCUT2D eigenvalue weighted by Gasteiger charge is -2.18. The van der Waals surface area contributed by atoms with Crippen LogP contribution in [0.25, 0.3) is 16.7 Å². The van der Waals surface area contributed by atoms with Crippen LogP contribution in [0.15, 0.2) is 66.7 Å². The second-order valence-electron chi connectivity index (χ2n) is 7.39. The van der Waals surface area contributed by atoms with Gasteiger partial charge in [-0.05, 0) is 55.5 Å². The first-order valence-electron chi connectivity index (χ1n) is 10.2. The Morgan fingerprint density at radius 3 is 2.50 bits per heavy atom. The van der Waals surface area contributed by atoms with Crippen LogP contribution in [0, 0.1) is 6.92 Å². The second kappa shape index (κ2) is 8.19. The first-order valence-corrected chi connectivity index (χ1v) is 10.2. The first kappa shape index (κ1) is 19.8. The van der Waals surface area contributed by atoms with Crippen LogP contribution in [0.2, 0.25) is 0 Å². The molecule has 0 spiro atoms. The molecule has 1 aliphatic heterocycles. The molecule has 0 saturated heterocycles. The Balaban J connectivity index is 1.31. The number of rotatable bonds is 5. The Kier molecular flexibility index (Phi) is 5.07. The largest absolute Gasteiger partial charge is 0.486 e. The molecule has 7 heteroatoms. The van der Waals surface area contributed by atoms with E-state index in [1.165, 1.54) is 0 Å². The van der Waals surface area contributed by atoms with Gasteiger partial charge >= 0.3 is 5.97 Å². The van der Waals surface area contributed by atoms with E-state index >= 15 is 0 Å². The molecule has 0 bridgehead atoms. The van der Waals surface area contributed by atoms with E-state index in [0.717, 1.165) is 17.0 Å². The van der Waals surface area contributed by atoms with Gasteiger partial charge in [-0.15, -0.1) is 0 Å². The molecular formula is C25H20N2O5. The molecule has 2 heterocycles. The molecular weight excluding hydrogens is 408 g/mol. The van der Waals surface area contributed by atoms with Crippen LogP contribution in [-0.4, -0.2) is 41.1 Å². The molecule has 4 aromatic rings. The van der Waals surface area contributed by atoms with Crippen LogP contribution < -0.4 is 9.47 Å². The van der Waals surface area contributed by atoms with Crippen LogP contribution in [0.3, 0.4) is 0 Å². The van der Waals surface area contributed by atoms with Gasteiger partial charge in [-0.2, -0.15) is 0 Å². The van der Waals surface area contributed by atoms with Crippen molar-refractivity contribution in [2.24, 2.45) is 0 Å². The van der Waals surface area contributed by atoms with Gasteiger partial charge in [-0.3, -0.25) is 9.36 Å². The van der Waals surface area contributed by atoms with Gasteiger partial charge in [0.25, 0.3) is 0 Å². The van der Waals surface area contributed by atoms with E-state index in [1.54, 1.807) is 30.3 Å². The Labute approximate surface area is 184 Å². The topological polar surface area (TPSA) is 79.7 Å². The van der Waals surface area contributed by atoms with Gasteiger partial charge in [0.15, 0.2) is 23.9 Å². The summed E-state index contributed by atoms with van der Waals surface area (Å²) in [4.78, 5) is 29.6. The number of para-hydroxylation sites is 1. The molecule has 32 heavy (non-hydrogen) atoms. The summed E-state index contributed by atoms with van der Waals surface area (Å²) in [7, 11) is 0. The normalized spacial score (nSPS) is 12.5. The first-order chi connectivity index (χ1) is 15.6. The average molecular weight is 428 g/mol. The number of imidazole rings is 1. The molecule has 0 N–H and O–H groups in total. The Morgan fingerprint density at radius 1 is 0.938 bits per heavy atom. The van der Waals surface area contributed by atoms with Crippen LogP contribution in [0.4, 0.5) is 0 Å². The number of ether oxygens (including phenoxy) is 3. The Hall–Kier alpha value is -4.13. The van der Waals surface area contributed by atoms with E-state index in [4.69, 9.17) is 14.2 Å². The van der Waals surface area contributed by atoms with Crippen LogP contribution in [0.5, 0.6) is 11.5 Å². The number of hydrogen-bond donors (Lipinski definition) is 0. The lowest BCUT2D eigenvalue weighted by molar-refractivity contribution is 0.0474. The van der Waals surface area contributed by atoms with Gasteiger partial charge in [0.05, 0.1) is 16.6 Å². The number of hydrogen-bond acceptors (Lipinski definition) is 6. The summed E-state index contributed by atoms with van der Waals surface area (Å²) in [5.41, 5.74) is 3.30. The zero-order chi connectivity index (χ0) is 22.1. The summed E-state index contributed by atoms with van der Waals surface area (Å²) >= 11 is 0. The number of fused-ring (bicyclic) bond motifs is 2. The minimum Gasteiger partial charge on any atom is -0.486 e. The lowest BCUT2D eigenvalue weighted by atomic mass is 10.1. The summed E-state index contributed by atoms with van der Waals surface area (Å²) in [5, 5.41) is 0. The van der Waals surface area contributed by atoms with Crippen molar-refractivity contribution in [2.45, 2.75) is 6.92 Å². The van der Waals surface area contributed by atoms with Crippen molar-refractivity contribution in [1.29, 1.82) is 0 Å². The molecule has 3 aromatic carbocycles. The number of benzene rings is 3. The second-order valence-corrected chi connectivity index (χ2v) is 7.39. The monoisotopic (exact) mass is 428 g/mol. The molecule has 0 aliphatic carbocycles. The summed E-state index contributed by atoms with van der Waals surface area (Å²) in [6.07, 6.45) is 0. The summed E-state index contributed by atoms with van der Waals surface area (Å²) in [6, 6.07) is 20.0. The zero-order valence-corrected chi connectivity index (χ0v) is 17.4. The van der Waals surface area contributed by atoms with Crippen molar-refractivity contribution in [2.75, 3.05) is 19.8 Å². The minimum absolute atomic E-state index is 0.319. The van der Waals surface area contributed by atoms with E-state index in [0.29, 0.717) is 41.4 Å². The highest BCUT2D eigenvalue weighted by Gasteiger charge is 2.18. The Bertz CT molecular complexity index is 1330. The fraction of sp³-hybridized carbons (Fsp3) is 0.160. The maximum atomic E-state index is 12.6. The van der Waals surface area contributed by atoms with Gasteiger partial charge in [-0.1, -0.05) is 18.2 Å². The van der Waals surface area contributed by atoms with Crippen molar-refractivity contribution in [1.82, 2.24) is 9.55 Å². The number of ketones is 1. The van der Waals surface area contributed by atoms with E-state index in [9.17, 15) is 9.59 Å². The van der Waals surface area contributed by atoms with Crippen molar-refractivity contribution in [3.05, 3.63) is 83.7 Å². The van der Waals surface area contributed by atoms with Crippen molar-refractivity contribution >= 4 is 22.8 Å². The van der Waals surface area contributed by atoms with E-state index in [-0.39, 0.29) is 12.4 Å². The van der Waals surface area contributed by atoms with Crippen LogP contribution >= 0.6 is 0 Å². The smallest absolute Gasteiger partial charge is 0.338 e. The van der Waals surface area contributed by atoms with E-state index < -0.39 is 5.97 Å². The molecule has 0 radical (unpaired) electrons. The van der Waals surface area contributed by atoms with Gasteiger partial charge in [0.2, 0.25) is 0 Å². The standard InChI is InChI=1S/C25H20N2O5/c1-16-26-20-13-18(7-9-21(20)27(16)19-5-3-2-4-6-19)25(29)32-15-22(28)17-8-10-23-24(14-17)31-12-11-30-23/h2-10,13-14H,11-12,15H2,1H3. The average Bonchev–Trinajstić information content (AvgIpc) is 3.17. The summed E-state index contributed by atoms with van der Waals surface area (Å²) in [5.74, 6) is 1.03. The van der Waals surface area contributed by atoms with E-state index in [1.807, 2.05) is 47.9 Å². The quantitative estimate of drug-likeness (QED) is 0.351. The number of nitrogens with zero attached hydrogens (tertiary/aromatic N) is 2. The highest BCUT2D eigenvalue weighted by atomic mass is 16.6. The third-order valence-corrected chi connectivity index (χ3v) is 5.27. The molecule has 0 atom stereocenters. The molecule has 5 rings (SSSR count). The fourth-order valence-electron chi connectivity index (χ4n) is 3.75. The molecule has 1 aliphatic rings. The van der Waals surface area contributed by atoms with Crippen molar-refractivity contribution < 1.29 is 23.8 Å². The third kappa shape index (κ3) is 3.69. The number of Topliss-reactive ketones (excluding diaryl/α,β-unsaturated/α-hetero) is 1. The van der Waals surface area contributed by atoms with Gasteiger partial charge in [-0.25, -0.2) is 9.78 Å². The van der Waals surface area contributed by atoms with Crippen molar-refractivity contribution in [3.63, 3.8) is 0 Å². The SMILES string of the molecule is Cc1nc2cc(C(=O)OCC(=O)c3ccc4c(c3)OCCO4)ccc2n1-c1ccccc1. The summed E-state index contributed by atoms with van der Waals surface area (Å²) in [6.45, 7) is 2.46. The molecule has 0 fully saturated rings. The van der Waals surface area contributed by atoms with Gasteiger partial charge in [0, 0.05) is 11.3 Å². The van der Waals surface area contributed by atoms with Crippen molar-refractivity contribution in [3.8, 4) is 17.2 Å². The van der Waals surface area contributed by atoms with Crippen LogP contribution in [-0.2, 0) is 4.74 Å². The van der Waals surface area contributed by atoms with Crippen LogP contribution in [0.1, 0.15) is 26.5 Å². The number of aromatic nitrogens is 2. The zero-order valence-electron chi connectivity index (χ0n) is 17.4. The molecule has 160 valence electrons. The lowest BCUT2D eigenvalue weighted by Crippen LogP contribution is -2.17. The number of carbonyl (C=O) groups excluding carboxylic acids is 2. The Morgan fingerprint density at radius 2 is 1.69 bits per heavy atom. The molecule has 7 nitrogen and oxygen atoms in total. The maximum absolute atomic E-state index is 12.6. The van der Waals surface area contributed by atoms with E-state index in [2.05, 4.69) is 4.98 Å². The predicted molar refractivity (Wildman–Crippen MR) is 118 cm³/mol. The number of aryl methyl sites for hydroxylation is 1. The predicted octanol–water partition coefficient (Wildman–Crippen LogP) is 4.14. The summed E-state index contributed by atoms with van der Waals surface area (Å²) < 4.78 is 18.2. The number of esters is 1. The highest BCUT2D eigenvalue weighted by molar-refractivity contribution is 6.00. The maximum Gasteiger partial charge on any atom is 0.338 e. The van der Waals surface area contributed by atoms with Gasteiger partial charge < -0.3 is 14.2 Å². The number of carbonyl (C=O) groups is 2. The van der Waals surface area contributed by atoms with Gasteiger partial charge in [0.1, 0.15) is 19.0 Å². The molecule has 0 saturated carbocycles. The fourth-order valence-corrected chi connectivity index (χ4v) is 3.75.